The number of hydrogen-bond donors (Lipinski definition) is 0. The Bertz CT molecular complexity index is 924. The Labute approximate surface area is 178 Å². The molecular formula is C25H29NO2S. The van der Waals surface area contributed by atoms with Crippen LogP contribution in [0.15, 0.2) is 47.6 Å². The minimum atomic E-state index is -0.340. The van der Waals surface area contributed by atoms with Crippen molar-refractivity contribution in [3.8, 4) is 11.8 Å². The Morgan fingerprint density at radius 3 is 2.76 bits per heavy atom. The zero-order valence-electron chi connectivity index (χ0n) is 17.7. The number of rotatable bonds is 5. The summed E-state index contributed by atoms with van der Waals surface area (Å²) in [6, 6.07) is 10.7. The van der Waals surface area contributed by atoms with Crippen LogP contribution in [0.4, 0.5) is 0 Å². The second-order valence-electron chi connectivity index (χ2n) is 7.54. The van der Waals surface area contributed by atoms with E-state index < -0.39 is 0 Å². The van der Waals surface area contributed by atoms with Crippen molar-refractivity contribution in [2.75, 3.05) is 6.61 Å². The first-order valence-corrected chi connectivity index (χ1v) is 11.3. The molecule has 0 spiro atoms. The smallest absolute Gasteiger partial charge is 0.313 e. The van der Waals surface area contributed by atoms with Crippen LogP contribution in [0.1, 0.15) is 69.6 Å². The molecule has 1 aromatic heterocycles. The van der Waals surface area contributed by atoms with Gasteiger partial charge in [-0.2, -0.15) is 0 Å². The fourth-order valence-corrected chi connectivity index (χ4v) is 5.39. The SMILES string of the molecule is CCOC(=O)C(C)c1cncc(C#CC2CC(CC)(CC)c3ccccc3S2)c1. The standard InChI is InChI=1S/C25H29NO2S/c1-5-25(6-2)15-21(29-23-11-9-8-10-22(23)25)13-12-19-14-20(17-26-16-19)18(4)24(27)28-7-3/h8-11,14,16-18,21H,5-7,15H2,1-4H3. The second kappa shape index (κ2) is 9.50. The minimum Gasteiger partial charge on any atom is -0.466 e. The van der Waals surface area contributed by atoms with Crippen LogP contribution < -0.4 is 0 Å². The quantitative estimate of drug-likeness (QED) is 0.469. The molecule has 2 aromatic rings. The molecular weight excluding hydrogens is 378 g/mol. The monoisotopic (exact) mass is 407 g/mol. The van der Waals surface area contributed by atoms with Gasteiger partial charge in [-0.25, -0.2) is 0 Å². The van der Waals surface area contributed by atoms with E-state index in [1.165, 1.54) is 10.5 Å². The van der Waals surface area contributed by atoms with Crippen LogP contribution in [0.2, 0.25) is 0 Å². The number of fused-ring (bicyclic) bond motifs is 1. The van der Waals surface area contributed by atoms with Crippen molar-refractivity contribution in [2.45, 2.75) is 68.4 Å². The third-order valence-electron chi connectivity index (χ3n) is 5.93. The Morgan fingerprint density at radius 2 is 2.03 bits per heavy atom. The van der Waals surface area contributed by atoms with Gasteiger partial charge in [0.25, 0.3) is 0 Å². The summed E-state index contributed by atoms with van der Waals surface area (Å²) < 4.78 is 5.13. The van der Waals surface area contributed by atoms with Crippen LogP contribution in [0.3, 0.4) is 0 Å². The summed E-state index contributed by atoms with van der Waals surface area (Å²) in [5.41, 5.74) is 3.35. The summed E-state index contributed by atoms with van der Waals surface area (Å²) in [5, 5.41) is 0.246. The Balaban J connectivity index is 1.84. The molecule has 3 rings (SSSR count). The number of esters is 1. The van der Waals surface area contributed by atoms with Crippen LogP contribution in [0.25, 0.3) is 0 Å². The molecule has 152 valence electrons. The molecule has 0 saturated heterocycles. The lowest BCUT2D eigenvalue weighted by molar-refractivity contribution is -0.144. The number of ether oxygens (including phenoxy) is 1. The van der Waals surface area contributed by atoms with Gasteiger partial charge >= 0.3 is 5.97 Å². The van der Waals surface area contributed by atoms with E-state index in [1.807, 2.05) is 31.7 Å². The third kappa shape index (κ3) is 4.67. The van der Waals surface area contributed by atoms with Gasteiger partial charge in [0.05, 0.1) is 17.8 Å². The van der Waals surface area contributed by atoms with Crippen molar-refractivity contribution >= 4 is 17.7 Å². The molecule has 2 atom stereocenters. The largest absolute Gasteiger partial charge is 0.466 e. The van der Waals surface area contributed by atoms with Gasteiger partial charge in [0.15, 0.2) is 0 Å². The van der Waals surface area contributed by atoms with E-state index in [4.69, 9.17) is 4.74 Å². The summed E-state index contributed by atoms with van der Waals surface area (Å²) >= 11 is 1.86. The number of thioether (sulfide) groups is 1. The van der Waals surface area contributed by atoms with E-state index in [0.717, 1.165) is 30.4 Å². The van der Waals surface area contributed by atoms with Crippen molar-refractivity contribution < 1.29 is 9.53 Å². The summed E-state index contributed by atoms with van der Waals surface area (Å²) in [6.07, 6.45) is 6.78. The molecule has 2 unspecified atom stereocenters. The van der Waals surface area contributed by atoms with Crippen LogP contribution in [0.5, 0.6) is 0 Å². The number of nitrogens with zero attached hydrogens (tertiary/aromatic N) is 1. The van der Waals surface area contributed by atoms with E-state index in [1.54, 1.807) is 12.4 Å². The highest BCUT2D eigenvalue weighted by Crippen LogP contribution is 2.48. The number of hydrogen-bond acceptors (Lipinski definition) is 4. The topological polar surface area (TPSA) is 39.2 Å². The second-order valence-corrected chi connectivity index (χ2v) is 8.79. The van der Waals surface area contributed by atoms with Gasteiger partial charge in [0, 0.05) is 22.9 Å². The van der Waals surface area contributed by atoms with Crippen LogP contribution in [0, 0.1) is 11.8 Å². The predicted octanol–water partition coefficient (Wildman–Crippen LogP) is 5.72. The van der Waals surface area contributed by atoms with Crippen molar-refractivity contribution in [3.05, 3.63) is 59.4 Å². The number of carbonyl (C=O) groups is 1. The molecule has 0 N–H and O–H groups in total. The zero-order valence-corrected chi connectivity index (χ0v) is 18.5. The number of benzene rings is 1. The highest BCUT2D eigenvalue weighted by atomic mass is 32.2. The lowest BCUT2D eigenvalue weighted by Gasteiger charge is -2.40. The third-order valence-corrected chi connectivity index (χ3v) is 7.11. The molecule has 0 radical (unpaired) electrons. The maximum absolute atomic E-state index is 12.0. The van der Waals surface area contributed by atoms with Crippen LogP contribution in [-0.4, -0.2) is 22.8 Å². The molecule has 3 nitrogen and oxygen atoms in total. The predicted molar refractivity (Wildman–Crippen MR) is 119 cm³/mol. The van der Waals surface area contributed by atoms with Gasteiger partial charge < -0.3 is 4.74 Å². The van der Waals surface area contributed by atoms with Crippen LogP contribution >= 0.6 is 11.8 Å². The molecule has 4 heteroatoms. The Kier molecular flexibility index (Phi) is 7.03. The van der Waals surface area contributed by atoms with E-state index >= 15 is 0 Å². The lowest BCUT2D eigenvalue weighted by atomic mass is 9.72. The maximum Gasteiger partial charge on any atom is 0.313 e. The van der Waals surface area contributed by atoms with Crippen molar-refractivity contribution in [1.29, 1.82) is 0 Å². The first-order valence-electron chi connectivity index (χ1n) is 10.4. The molecule has 0 fully saturated rings. The highest BCUT2D eigenvalue weighted by molar-refractivity contribution is 8.00. The lowest BCUT2D eigenvalue weighted by Crippen LogP contribution is -2.32. The molecule has 29 heavy (non-hydrogen) atoms. The van der Waals surface area contributed by atoms with E-state index in [0.29, 0.717) is 6.61 Å². The molecule has 0 saturated carbocycles. The zero-order chi connectivity index (χ0) is 20.9. The average Bonchev–Trinajstić information content (AvgIpc) is 2.77. The van der Waals surface area contributed by atoms with Gasteiger partial charge in [-0.3, -0.25) is 9.78 Å². The number of carbonyl (C=O) groups excluding carboxylic acids is 1. The first-order chi connectivity index (χ1) is 14.0. The number of aromatic nitrogens is 1. The molecule has 0 amide bonds. The van der Waals surface area contributed by atoms with Gasteiger partial charge in [0.2, 0.25) is 0 Å². The van der Waals surface area contributed by atoms with Gasteiger partial charge in [0.1, 0.15) is 0 Å². The minimum absolute atomic E-state index is 0.194. The van der Waals surface area contributed by atoms with Crippen molar-refractivity contribution in [1.82, 2.24) is 4.98 Å². The van der Waals surface area contributed by atoms with Gasteiger partial charge in [-0.05, 0) is 61.8 Å². The summed E-state index contributed by atoms with van der Waals surface area (Å²) in [5.74, 6) is 6.22. The first kappa shape index (κ1) is 21.5. The molecule has 1 aromatic carbocycles. The van der Waals surface area contributed by atoms with Crippen molar-refractivity contribution in [3.63, 3.8) is 0 Å². The van der Waals surface area contributed by atoms with E-state index in [2.05, 4.69) is 54.9 Å². The molecule has 1 aliphatic heterocycles. The number of pyridine rings is 1. The summed E-state index contributed by atoms with van der Waals surface area (Å²) in [4.78, 5) is 17.7. The average molecular weight is 408 g/mol. The normalized spacial score (nSPS) is 18.1. The van der Waals surface area contributed by atoms with Crippen LogP contribution in [-0.2, 0) is 14.9 Å². The van der Waals surface area contributed by atoms with Gasteiger partial charge in [-0.15, -0.1) is 11.8 Å². The van der Waals surface area contributed by atoms with Gasteiger partial charge in [-0.1, -0.05) is 43.9 Å². The summed E-state index contributed by atoms with van der Waals surface area (Å²) in [6.45, 7) is 8.61. The molecule has 0 aliphatic carbocycles. The maximum atomic E-state index is 12.0. The fraction of sp³-hybridized carbons (Fsp3) is 0.440. The molecule has 2 heterocycles. The van der Waals surface area contributed by atoms with E-state index in [-0.39, 0.29) is 22.6 Å². The molecule has 0 bridgehead atoms. The molecule has 1 aliphatic rings. The highest BCUT2D eigenvalue weighted by Gasteiger charge is 2.37. The van der Waals surface area contributed by atoms with E-state index in [9.17, 15) is 4.79 Å². The van der Waals surface area contributed by atoms with Crippen molar-refractivity contribution in [2.24, 2.45) is 0 Å². The Morgan fingerprint density at radius 1 is 1.28 bits per heavy atom. The fourth-order valence-electron chi connectivity index (χ4n) is 4.00. The summed E-state index contributed by atoms with van der Waals surface area (Å²) in [7, 11) is 0. The Hall–Kier alpha value is -2.25.